The fourth-order valence-electron chi connectivity index (χ4n) is 2.23. The molecular formula is C19H23NO2. The van der Waals surface area contributed by atoms with Gasteiger partial charge in [-0.05, 0) is 50.5 Å². The zero-order chi connectivity index (χ0) is 16.1. The maximum Gasteiger partial charge on any atom is 0.261 e. The Hall–Kier alpha value is -2.29. The van der Waals surface area contributed by atoms with Gasteiger partial charge in [-0.15, -0.1) is 0 Å². The van der Waals surface area contributed by atoms with Crippen LogP contribution in [0.15, 0.2) is 42.5 Å². The third-order valence-electron chi connectivity index (χ3n) is 3.57. The molecule has 0 aliphatic heterocycles. The van der Waals surface area contributed by atoms with Crippen molar-refractivity contribution in [2.45, 2.75) is 40.3 Å². The number of ether oxygens (including phenoxy) is 1. The van der Waals surface area contributed by atoms with Gasteiger partial charge in [-0.25, -0.2) is 0 Å². The van der Waals surface area contributed by atoms with Crippen LogP contribution in [-0.4, -0.2) is 12.0 Å². The molecule has 2 aromatic carbocycles. The Labute approximate surface area is 132 Å². The van der Waals surface area contributed by atoms with E-state index in [1.165, 1.54) is 5.56 Å². The van der Waals surface area contributed by atoms with Crippen molar-refractivity contribution in [3.05, 3.63) is 64.7 Å². The fourth-order valence-corrected chi connectivity index (χ4v) is 2.23. The Morgan fingerprint density at radius 1 is 1.09 bits per heavy atom. The molecule has 0 bridgehead atoms. The molecule has 0 aliphatic rings. The number of rotatable bonds is 5. The average Bonchev–Trinajstić information content (AvgIpc) is 2.48. The Balaban J connectivity index is 1.93. The van der Waals surface area contributed by atoms with Crippen LogP contribution >= 0.6 is 0 Å². The van der Waals surface area contributed by atoms with Gasteiger partial charge in [0.05, 0.1) is 0 Å². The smallest absolute Gasteiger partial charge is 0.261 e. The molecule has 1 N–H and O–H groups in total. The Bertz CT molecular complexity index is 664. The van der Waals surface area contributed by atoms with Crippen molar-refractivity contribution in [3.8, 4) is 5.75 Å². The predicted octanol–water partition coefficient (Wildman–Crippen LogP) is 3.70. The minimum absolute atomic E-state index is 0.109. The van der Waals surface area contributed by atoms with Gasteiger partial charge in [-0.3, -0.25) is 4.79 Å². The van der Waals surface area contributed by atoms with Gasteiger partial charge < -0.3 is 10.1 Å². The zero-order valence-electron chi connectivity index (χ0n) is 13.6. The summed E-state index contributed by atoms with van der Waals surface area (Å²) in [6.07, 6.45) is -0.523. The number of nitrogens with one attached hydrogen (secondary N) is 1. The molecule has 116 valence electrons. The lowest BCUT2D eigenvalue weighted by Crippen LogP contribution is -2.36. The first-order valence-electron chi connectivity index (χ1n) is 7.53. The van der Waals surface area contributed by atoms with Crippen molar-refractivity contribution in [3.63, 3.8) is 0 Å². The Kier molecular flexibility index (Phi) is 5.21. The normalized spacial score (nSPS) is 11.8. The van der Waals surface area contributed by atoms with E-state index in [2.05, 4.69) is 11.4 Å². The summed E-state index contributed by atoms with van der Waals surface area (Å²) in [5.74, 6) is 0.653. The standard InChI is InChI=1S/C19H23NO2/c1-13-6-5-7-17(10-13)12-20-19(21)16(4)22-18-11-14(2)8-9-15(18)3/h5-11,16H,12H2,1-4H3,(H,20,21). The molecule has 0 saturated carbocycles. The summed E-state index contributed by atoms with van der Waals surface area (Å²) in [6, 6.07) is 14.1. The van der Waals surface area contributed by atoms with Crippen molar-refractivity contribution in [1.29, 1.82) is 0 Å². The van der Waals surface area contributed by atoms with Crippen LogP contribution in [0.2, 0.25) is 0 Å². The van der Waals surface area contributed by atoms with Gasteiger partial charge in [0.2, 0.25) is 0 Å². The van der Waals surface area contributed by atoms with E-state index in [0.717, 1.165) is 22.4 Å². The zero-order valence-corrected chi connectivity index (χ0v) is 13.6. The summed E-state index contributed by atoms with van der Waals surface area (Å²) in [7, 11) is 0. The molecule has 0 radical (unpaired) electrons. The third-order valence-corrected chi connectivity index (χ3v) is 3.57. The van der Waals surface area contributed by atoms with Gasteiger partial charge in [-0.1, -0.05) is 42.0 Å². The first-order chi connectivity index (χ1) is 10.5. The van der Waals surface area contributed by atoms with Crippen LogP contribution in [-0.2, 0) is 11.3 Å². The topological polar surface area (TPSA) is 38.3 Å². The van der Waals surface area contributed by atoms with Gasteiger partial charge in [0.1, 0.15) is 5.75 Å². The highest BCUT2D eigenvalue weighted by Crippen LogP contribution is 2.20. The summed E-state index contributed by atoms with van der Waals surface area (Å²) >= 11 is 0. The van der Waals surface area contributed by atoms with Crippen molar-refractivity contribution >= 4 is 5.91 Å². The highest BCUT2D eigenvalue weighted by Gasteiger charge is 2.15. The molecule has 1 amide bonds. The molecule has 0 saturated heterocycles. The van der Waals surface area contributed by atoms with Crippen LogP contribution in [0.3, 0.4) is 0 Å². The number of aryl methyl sites for hydroxylation is 3. The van der Waals surface area contributed by atoms with Gasteiger partial charge in [0.15, 0.2) is 6.10 Å². The molecule has 3 nitrogen and oxygen atoms in total. The summed E-state index contributed by atoms with van der Waals surface area (Å²) < 4.78 is 5.79. The van der Waals surface area contributed by atoms with Crippen LogP contribution in [0.5, 0.6) is 5.75 Å². The van der Waals surface area contributed by atoms with Crippen LogP contribution < -0.4 is 10.1 Å². The molecule has 1 unspecified atom stereocenters. The van der Waals surface area contributed by atoms with Gasteiger partial charge in [0.25, 0.3) is 5.91 Å². The van der Waals surface area contributed by atoms with E-state index in [0.29, 0.717) is 6.54 Å². The van der Waals surface area contributed by atoms with Crippen LogP contribution in [0, 0.1) is 20.8 Å². The molecule has 2 aromatic rings. The minimum atomic E-state index is -0.523. The second-order valence-electron chi connectivity index (χ2n) is 5.74. The van der Waals surface area contributed by atoms with Crippen LogP contribution in [0.1, 0.15) is 29.2 Å². The second-order valence-corrected chi connectivity index (χ2v) is 5.74. The van der Waals surface area contributed by atoms with E-state index in [-0.39, 0.29) is 5.91 Å². The monoisotopic (exact) mass is 297 g/mol. The number of carbonyl (C=O) groups excluding carboxylic acids is 1. The quantitative estimate of drug-likeness (QED) is 0.914. The van der Waals surface area contributed by atoms with E-state index >= 15 is 0 Å². The summed E-state index contributed by atoms with van der Waals surface area (Å²) in [6.45, 7) is 8.31. The van der Waals surface area contributed by atoms with Crippen molar-refractivity contribution in [2.75, 3.05) is 0 Å². The maximum absolute atomic E-state index is 12.2. The third kappa shape index (κ3) is 4.35. The second kappa shape index (κ2) is 7.12. The molecular weight excluding hydrogens is 274 g/mol. The molecule has 22 heavy (non-hydrogen) atoms. The summed E-state index contributed by atoms with van der Waals surface area (Å²) in [5, 5.41) is 2.92. The first-order valence-corrected chi connectivity index (χ1v) is 7.53. The van der Waals surface area contributed by atoms with E-state index in [1.54, 1.807) is 6.92 Å². The highest BCUT2D eigenvalue weighted by molar-refractivity contribution is 5.80. The lowest BCUT2D eigenvalue weighted by atomic mass is 10.1. The molecule has 3 heteroatoms. The Morgan fingerprint density at radius 3 is 2.55 bits per heavy atom. The predicted molar refractivity (Wildman–Crippen MR) is 89.0 cm³/mol. The fraction of sp³-hybridized carbons (Fsp3) is 0.316. The minimum Gasteiger partial charge on any atom is -0.481 e. The number of hydrogen-bond donors (Lipinski definition) is 1. The van der Waals surface area contributed by atoms with E-state index in [9.17, 15) is 4.79 Å². The lowest BCUT2D eigenvalue weighted by molar-refractivity contribution is -0.127. The summed E-state index contributed by atoms with van der Waals surface area (Å²) in [4.78, 5) is 12.2. The molecule has 0 aliphatic carbocycles. The van der Waals surface area contributed by atoms with Gasteiger partial charge >= 0.3 is 0 Å². The largest absolute Gasteiger partial charge is 0.481 e. The molecule has 1 atom stereocenters. The van der Waals surface area contributed by atoms with Crippen LogP contribution in [0.25, 0.3) is 0 Å². The van der Waals surface area contributed by atoms with Gasteiger partial charge in [-0.2, -0.15) is 0 Å². The Morgan fingerprint density at radius 2 is 1.82 bits per heavy atom. The molecule has 0 aromatic heterocycles. The SMILES string of the molecule is Cc1cccc(CNC(=O)C(C)Oc2cc(C)ccc2C)c1. The molecule has 0 fully saturated rings. The van der Waals surface area contributed by atoms with E-state index < -0.39 is 6.10 Å². The highest BCUT2D eigenvalue weighted by atomic mass is 16.5. The van der Waals surface area contributed by atoms with Crippen molar-refractivity contribution in [2.24, 2.45) is 0 Å². The van der Waals surface area contributed by atoms with Crippen molar-refractivity contribution in [1.82, 2.24) is 5.32 Å². The number of amides is 1. The lowest BCUT2D eigenvalue weighted by Gasteiger charge is -2.17. The summed E-state index contributed by atoms with van der Waals surface area (Å²) in [5.41, 5.74) is 4.43. The molecule has 0 heterocycles. The molecule has 0 spiro atoms. The van der Waals surface area contributed by atoms with E-state index in [1.807, 2.05) is 57.2 Å². The number of benzene rings is 2. The molecule has 2 rings (SSSR count). The van der Waals surface area contributed by atoms with Crippen LogP contribution in [0.4, 0.5) is 0 Å². The van der Waals surface area contributed by atoms with Crippen molar-refractivity contribution < 1.29 is 9.53 Å². The van der Waals surface area contributed by atoms with E-state index in [4.69, 9.17) is 4.74 Å². The first kappa shape index (κ1) is 16.1. The number of hydrogen-bond acceptors (Lipinski definition) is 2. The number of carbonyl (C=O) groups is 1. The maximum atomic E-state index is 12.2. The average molecular weight is 297 g/mol. The van der Waals surface area contributed by atoms with Gasteiger partial charge in [0, 0.05) is 6.54 Å².